The minimum absolute atomic E-state index is 0.149. The maximum Gasteiger partial charge on any atom is 0.252 e. The number of hydrogen-bond donors (Lipinski definition) is 3. The Labute approximate surface area is 146 Å². The van der Waals surface area contributed by atoms with E-state index in [0.717, 1.165) is 5.56 Å². The number of nitrogens with zero attached hydrogens (tertiary/aromatic N) is 2. The molecule has 2 aromatic rings. The molecule has 0 radical (unpaired) electrons. The molecular weight excluding hydrogens is 326 g/mol. The van der Waals surface area contributed by atoms with Crippen molar-refractivity contribution >= 4 is 23.5 Å². The van der Waals surface area contributed by atoms with Crippen molar-refractivity contribution in [2.45, 2.75) is 6.54 Å². The molecule has 0 aliphatic rings. The number of carbonyl (C=O) groups excluding carboxylic acids is 1. The summed E-state index contributed by atoms with van der Waals surface area (Å²) in [6, 6.07) is 11.1. The average Bonchev–Trinajstić information content (AvgIpc) is 2.63. The maximum absolute atomic E-state index is 11.9. The van der Waals surface area contributed by atoms with Crippen LogP contribution in [0.15, 0.2) is 53.8 Å². The first-order valence-corrected chi connectivity index (χ1v) is 7.94. The zero-order chi connectivity index (χ0) is 17.2. The minimum Gasteiger partial charge on any atom is -0.355 e. The average molecular weight is 346 g/mol. The quantitative estimate of drug-likeness (QED) is 0.424. The van der Waals surface area contributed by atoms with Gasteiger partial charge in [0.05, 0.1) is 5.56 Å². The van der Waals surface area contributed by atoms with E-state index in [4.69, 9.17) is 11.6 Å². The summed E-state index contributed by atoms with van der Waals surface area (Å²) in [4.78, 5) is 19.9. The van der Waals surface area contributed by atoms with Crippen LogP contribution in [0.3, 0.4) is 0 Å². The first kappa shape index (κ1) is 17.7. The van der Waals surface area contributed by atoms with E-state index in [1.54, 1.807) is 25.4 Å². The molecule has 1 amide bonds. The molecule has 126 valence electrons. The lowest BCUT2D eigenvalue weighted by molar-refractivity contribution is 0.0954. The normalized spacial score (nSPS) is 11.0. The summed E-state index contributed by atoms with van der Waals surface area (Å²) in [5.74, 6) is 0.495. The summed E-state index contributed by atoms with van der Waals surface area (Å²) < 4.78 is 0. The lowest BCUT2D eigenvalue weighted by Gasteiger charge is -2.13. The molecule has 7 heteroatoms. The molecule has 0 saturated heterocycles. The van der Waals surface area contributed by atoms with Gasteiger partial charge in [-0.15, -0.1) is 0 Å². The third kappa shape index (κ3) is 5.55. The molecule has 0 spiro atoms. The molecule has 0 aliphatic heterocycles. The number of guanidine groups is 1. The van der Waals surface area contributed by atoms with Crippen LogP contribution in [-0.2, 0) is 6.54 Å². The van der Waals surface area contributed by atoms with Gasteiger partial charge in [0.15, 0.2) is 5.96 Å². The number of benzene rings is 1. The van der Waals surface area contributed by atoms with Crippen molar-refractivity contribution in [1.29, 1.82) is 0 Å². The number of nitrogens with one attached hydrogen (secondary N) is 3. The maximum atomic E-state index is 11.9. The van der Waals surface area contributed by atoms with Gasteiger partial charge in [-0.05, 0) is 23.8 Å². The molecule has 3 N–H and O–H groups in total. The van der Waals surface area contributed by atoms with Gasteiger partial charge in [0, 0.05) is 44.1 Å². The van der Waals surface area contributed by atoms with Gasteiger partial charge >= 0.3 is 0 Å². The molecule has 1 aromatic carbocycles. The zero-order valence-electron chi connectivity index (χ0n) is 13.4. The first-order chi connectivity index (χ1) is 11.7. The van der Waals surface area contributed by atoms with E-state index < -0.39 is 0 Å². The van der Waals surface area contributed by atoms with E-state index in [0.29, 0.717) is 36.2 Å². The predicted octanol–water partition coefficient (Wildman–Crippen LogP) is 1.83. The monoisotopic (exact) mass is 345 g/mol. The molecule has 0 aliphatic carbocycles. The van der Waals surface area contributed by atoms with Crippen LogP contribution in [0.5, 0.6) is 0 Å². The van der Waals surface area contributed by atoms with Crippen LogP contribution in [0, 0.1) is 0 Å². The Morgan fingerprint density at radius 1 is 1.12 bits per heavy atom. The summed E-state index contributed by atoms with van der Waals surface area (Å²) in [6.45, 7) is 1.59. The number of carbonyl (C=O) groups is 1. The fraction of sp³-hybridized carbons (Fsp3) is 0.235. The second-order valence-electron chi connectivity index (χ2n) is 4.94. The van der Waals surface area contributed by atoms with Crippen molar-refractivity contribution in [3.8, 4) is 0 Å². The number of rotatable bonds is 6. The Hall–Kier alpha value is -2.60. The molecule has 0 unspecified atom stereocenters. The highest BCUT2D eigenvalue weighted by atomic mass is 35.5. The standard InChI is InChI=1S/C17H20ClN5O/c1-19-17(23-12-13-5-2-3-7-15(13)18)22-10-9-21-16(24)14-6-4-8-20-11-14/h2-8,11H,9-10,12H2,1H3,(H,21,24)(H2,19,22,23). The molecule has 0 bridgehead atoms. The van der Waals surface area contributed by atoms with E-state index in [2.05, 4.69) is 25.9 Å². The summed E-state index contributed by atoms with van der Waals surface area (Å²) >= 11 is 6.12. The number of hydrogen-bond acceptors (Lipinski definition) is 3. The van der Waals surface area contributed by atoms with Crippen molar-refractivity contribution in [3.05, 3.63) is 64.9 Å². The molecule has 24 heavy (non-hydrogen) atoms. The van der Waals surface area contributed by atoms with E-state index in [1.807, 2.05) is 24.3 Å². The highest BCUT2D eigenvalue weighted by Gasteiger charge is 2.04. The SMILES string of the molecule is CN=C(NCCNC(=O)c1cccnc1)NCc1ccccc1Cl. The molecular formula is C17H20ClN5O. The largest absolute Gasteiger partial charge is 0.355 e. The van der Waals surface area contributed by atoms with Gasteiger partial charge in [-0.25, -0.2) is 0 Å². The Balaban J connectivity index is 1.70. The van der Waals surface area contributed by atoms with Gasteiger partial charge in [0.2, 0.25) is 0 Å². The summed E-state index contributed by atoms with van der Waals surface area (Å²) in [7, 11) is 1.69. The lowest BCUT2D eigenvalue weighted by atomic mass is 10.2. The van der Waals surface area contributed by atoms with Crippen LogP contribution >= 0.6 is 11.6 Å². The zero-order valence-corrected chi connectivity index (χ0v) is 14.2. The van der Waals surface area contributed by atoms with E-state index >= 15 is 0 Å². The van der Waals surface area contributed by atoms with Crippen molar-refractivity contribution in [2.24, 2.45) is 4.99 Å². The van der Waals surface area contributed by atoms with Gasteiger partial charge < -0.3 is 16.0 Å². The highest BCUT2D eigenvalue weighted by molar-refractivity contribution is 6.31. The Morgan fingerprint density at radius 3 is 2.62 bits per heavy atom. The summed E-state index contributed by atoms with van der Waals surface area (Å²) in [5.41, 5.74) is 1.53. The predicted molar refractivity (Wildman–Crippen MR) is 96.2 cm³/mol. The van der Waals surface area contributed by atoms with Gasteiger partial charge in [-0.1, -0.05) is 29.8 Å². The van der Waals surface area contributed by atoms with Gasteiger partial charge in [0.1, 0.15) is 0 Å². The highest BCUT2D eigenvalue weighted by Crippen LogP contribution is 2.14. The van der Waals surface area contributed by atoms with Crippen molar-refractivity contribution in [1.82, 2.24) is 20.9 Å². The van der Waals surface area contributed by atoms with Gasteiger partial charge in [-0.2, -0.15) is 0 Å². The third-order valence-corrected chi connectivity index (χ3v) is 3.62. The van der Waals surface area contributed by atoms with Crippen molar-refractivity contribution in [3.63, 3.8) is 0 Å². The van der Waals surface area contributed by atoms with Crippen LogP contribution in [-0.4, -0.2) is 37.0 Å². The first-order valence-electron chi connectivity index (χ1n) is 7.57. The number of halogens is 1. The Bertz CT molecular complexity index is 690. The summed E-state index contributed by atoms with van der Waals surface area (Å²) in [6.07, 6.45) is 3.17. The molecule has 0 atom stereocenters. The Morgan fingerprint density at radius 2 is 1.92 bits per heavy atom. The number of aromatic nitrogens is 1. The fourth-order valence-electron chi connectivity index (χ4n) is 2.00. The van der Waals surface area contributed by atoms with Crippen LogP contribution in [0.1, 0.15) is 15.9 Å². The van der Waals surface area contributed by atoms with Gasteiger partial charge in [0.25, 0.3) is 5.91 Å². The number of amides is 1. The second-order valence-corrected chi connectivity index (χ2v) is 5.35. The van der Waals surface area contributed by atoms with Crippen molar-refractivity contribution in [2.75, 3.05) is 20.1 Å². The minimum atomic E-state index is -0.149. The molecule has 1 heterocycles. The van der Waals surface area contributed by atoms with Crippen LogP contribution in [0.2, 0.25) is 5.02 Å². The molecule has 0 saturated carbocycles. The molecule has 2 rings (SSSR count). The lowest BCUT2D eigenvalue weighted by Crippen LogP contribution is -2.41. The Kier molecular flexibility index (Phi) is 7.04. The van der Waals surface area contributed by atoms with Crippen LogP contribution < -0.4 is 16.0 Å². The van der Waals surface area contributed by atoms with E-state index in [1.165, 1.54) is 6.20 Å². The summed E-state index contributed by atoms with van der Waals surface area (Å²) in [5, 5.41) is 9.84. The molecule has 1 aromatic heterocycles. The topological polar surface area (TPSA) is 78.4 Å². The molecule has 0 fully saturated rings. The fourth-order valence-corrected chi connectivity index (χ4v) is 2.20. The van der Waals surface area contributed by atoms with Crippen LogP contribution in [0.25, 0.3) is 0 Å². The number of pyridine rings is 1. The smallest absolute Gasteiger partial charge is 0.252 e. The molecule has 6 nitrogen and oxygen atoms in total. The second kappa shape index (κ2) is 9.52. The van der Waals surface area contributed by atoms with Crippen LogP contribution in [0.4, 0.5) is 0 Å². The number of aliphatic imine (C=N–C) groups is 1. The van der Waals surface area contributed by atoms with Crippen molar-refractivity contribution < 1.29 is 4.79 Å². The van der Waals surface area contributed by atoms with Gasteiger partial charge in [-0.3, -0.25) is 14.8 Å². The van der Waals surface area contributed by atoms with E-state index in [9.17, 15) is 4.79 Å². The van der Waals surface area contributed by atoms with E-state index in [-0.39, 0.29) is 5.91 Å². The third-order valence-electron chi connectivity index (χ3n) is 3.25.